The summed E-state index contributed by atoms with van der Waals surface area (Å²) >= 11 is 0. The molecule has 168 valence electrons. The van der Waals surface area contributed by atoms with Crippen LogP contribution < -0.4 is 0 Å². The second-order valence-corrected chi connectivity index (χ2v) is 9.09. The predicted octanol–water partition coefficient (Wildman–Crippen LogP) is 6.50. The summed E-state index contributed by atoms with van der Waals surface area (Å²) in [6.07, 6.45) is 0.991. The number of nitrogens with zero attached hydrogens (tertiary/aromatic N) is 1. The third kappa shape index (κ3) is 3.96. The van der Waals surface area contributed by atoms with Crippen molar-refractivity contribution in [1.82, 2.24) is 9.88 Å². The van der Waals surface area contributed by atoms with Gasteiger partial charge >= 0.3 is 0 Å². The molecule has 1 N–H and O–H groups in total. The molecule has 3 aromatic carbocycles. The first-order chi connectivity index (χ1) is 16.0. The number of rotatable bonds is 7. The van der Waals surface area contributed by atoms with Crippen molar-refractivity contribution in [2.75, 3.05) is 13.2 Å². The van der Waals surface area contributed by atoms with Crippen molar-refractivity contribution in [3.8, 4) is 11.3 Å². The molecule has 1 amide bonds. The molecular formula is C29H30N2O2. The average Bonchev–Trinajstić information content (AvgIpc) is 3.32. The normalized spacial score (nSPS) is 15.6. The molecular weight excluding hydrogens is 408 g/mol. The molecule has 0 aliphatic carbocycles. The molecule has 4 heteroatoms. The monoisotopic (exact) mass is 438 g/mol. The summed E-state index contributed by atoms with van der Waals surface area (Å²) < 4.78 is 5.77. The summed E-state index contributed by atoms with van der Waals surface area (Å²) in [5, 5.41) is 1.16. The van der Waals surface area contributed by atoms with E-state index in [1.54, 1.807) is 0 Å². The van der Waals surface area contributed by atoms with Gasteiger partial charge < -0.3 is 14.6 Å². The van der Waals surface area contributed by atoms with Gasteiger partial charge in [-0.05, 0) is 50.5 Å². The summed E-state index contributed by atoms with van der Waals surface area (Å²) in [5.74, 6) is 0.0975. The summed E-state index contributed by atoms with van der Waals surface area (Å²) in [4.78, 5) is 19.2. The van der Waals surface area contributed by atoms with Gasteiger partial charge in [-0.1, -0.05) is 66.2 Å². The molecule has 0 radical (unpaired) electrons. The average molecular weight is 439 g/mol. The number of carbonyl (C=O) groups is 1. The highest BCUT2D eigenvalue weighted by Gasteiger charge is 2.39. The van der Waals surface area contributed by atoms with Crippen LogP contribution in [0.2, 0.25) is 0 Å². The number of benzene rings is 3. The van der Waals surface area contributed by atoms with E-state index in [0.29, 0.717) is 13.2 Å². The van der Waals surface area contributed by atoms with Gasteiger partial charge in [0.25, 0.3) is 5.91 Å². The zero-order valence-corrected chi connectivity index (χ0v) is 19.5. The molecule has 0 fully saturated rings. The molecule has 1 atom stereocenters. The van der Waals surface area contributed by atoms with Crippen molar-refractivity contribution in [1.29, 1.82) is 0 Å². The summed E-state index contributed by atoms with van der Waals surface area (Å²) in [6, 6.07) is 24.9. The molecule has 0 spiro atoms. The highest BCUT2D eigenvalue weighted by Crippen LogP contribution is 2.45. The van der Waals surface area contributed by atoms with Crippen molar-refractivity contribution in [3.05, 3.63) is 95.1 Å². The number of aromatic amines is 1. The number of fused-ring (bicyclic) bond motifs is 2. The quantitative estimate of drug-likeness (QED) is 0.335. The van der Waals surface area contributed by atoms with E-state index in [2.05, 4.69) is 66.5 Å². The van der Waals surface area contributed by atoms with E-state index in [9.17, 15) is 4.79 Å². The Kier molecular flexibility index (Phi) is 5.77. The van der Waals surface area contributed by atoms with Gasteiger partial charge in [0.15, 0.2) is 0 Å². The fourth-order valence-electron chi connectivity index (χ4n) is 4.86. The molecule has 5 rings (SSSR count). The van der Waals surface area contributed by atoms with E-state index in [0.717, 1.165) is 45.3 Å². The second kappa shape index (κ2) is 8.87. The molecule has 33 heavy (non-hydrogen) atoms. The van der Waals surface area contributed by atoms with Crippen LogP contribution >= 0.6 is 0 Å². The zero-order chi connectivity index (χ0) is 22.9. The van der Waals surface area contributed by atoms with Crippen LogP contribution in [-0.2, 0) is 4.74 Å². The molecule has 1 aliphatic heterocycles. The van der Waals surface area contributed by atoms with Gasteiger partial charge in [0, 0.05) is 35.2 Å². The lowest BCUT2D eigenvalue weighted by molar-refractivity contribution is 0.0605. The molecule has 1 unspecified atom stereocenters. The van der Waals surface area contributed by atoms with Crippen LogP contribution in [0.3, 0.4) is 0 Å². The smallest absolute Gasteiger partial charge is 0.255 e. The second-order valence-electron chi connectivity index (χ2n) is 9.09. The molecule has 1 aromatic heterocycles. The molecule has 4 nitrogen and oxygen atoms in total. The maximum atomic E-state index is 13.5. The lowest BCUT2D eigenvalue weighted by Crippen LogP contribution is -2.30. The highest BCUT2D eigenvalue weighted by atomic mass is 16.5. The number of para-hydroxylation sites is 1. The lowest BCUT2D eigenvalue weighted by Gasteiger charge is -2.27. The number of ether oxygens (including phenoxy) is 1. The molecule has 0 saturated heterocycles. The zero-order valence-electron chi connectivity index (χ0n) is 19.5. The fraction of sp³-hybridized carbons (Fsp3) is 0.276. The van der Waals surface area contributed by atoms with Crippen molar-refractivity contribution >= 4 is 16.8 Å². The van der Waals surface area contributed by atoms with Crippen LogP contribution in [0.25, 0.3) is 22.2 Å². The van der Waals surface area contributed by atoms with Gasteiger partial charge in [-0.2, -0.15) is 0 Å². The third-order valence-corrected chi connectivity index (χ3v) is 6.41. The van der Waals surface area contributed by atoms with E-state index in [4.69, 9.17) is 4.74 Å². The number of nitrogens with one attached hydrogen (secondary N) is 1. The maximum Gasteiger partial charge on any atom is 0.255 e. The van der Waals surface area contributed by atoms with E-state index in [-0.39, 0.29) is 18.1 Å². The number of H-pyrrole nitrogens is 1. The standard InChI is InChI=1S/C29H30N2O2/c1-19(2)33-18-8-17-31-28(22-9-4-5-10-23(22)29(31)32)26-24-11-6-7-12-25(24)30-27(26)21-15-13-20(3)14-16-21/h4-7,9-16,19,28,30H,8,17-18H2,1-3H3. The van der Waals surface area contributed by atoms with Gasteiger partial charge in [-0.15, -0.1) is 0 Å². The molecule has 0 bridgehead atoms. The minimum Gasteiger partial charge on any atom is -0.379 e. The largest absolute Gasteiger partial charge is 0.379 e. The lowest BCUT2D eigenvalue weighted by atomic mass is 9.93. The molecule has 4 aromatic rings. The first-order valence-corrected chi connectivity index (χ1v) is 11.7. The van der Waals surface area contributed by atoms with Gasteiger partial charge in [0.05, 0.1) is 17.8 Å². The number of amides is 1. The van der Waals surface area contributed by atoms with Crippen LogP contribution in [0.5, 0.6) is 0 Å². The van der Waals surface area contributed by atoms with Gasteiger partial charge in [-0.25, -0.2) is 0 Å². The Morgan fingerprint density at radius 1 is 0.970 bits per heavy atom. The minimum atomic E-state index is -0.139. The number of hydrogen-bond donors (Lipinski definition) is 1. The first-order valence-electron chi connectivity index (χ1n) is 11.7. The summed E-state index contributed by atoms with van der Waals surface area (Å²) in [7, 11) is 0. The van der Waals surface area contributed by atoms with Crippen LogP contribution in [0.1, 0.15) is 53.4 Å². The maximum absolute atomic E-state index is 13.5. The molecule has 2 heterocycles. The van der Waals surface area contributed by atoms with Crippen molar-refractivity contribution in [2.24, 2.45) is 0 Å². The van der Waals surface area contributed by atoms with Crippen molar-refractivity contribution < 1.29 is 9.53 Å². The highest BCUT2D eigenvalue weighted by molar-refractivity contribution is 6.02. The van der Waals surface area contributed by atoms with E-state index < -0.39 is 0 Å². The van der Waals surface area contributed by atoms with E-state index >= 15 is 0 Å². The van der Waals surface area contributed by atoms with E-state index in [1.165, 1.54) is 5.56 Å². The SMILES string of the molecule is Cc1ccc(-c2[nH]c3ccccc3c2C2c3ccccc3C(=O)N2CCCOC(C)C)cc1. The topological polar surface area (TPSA) is 45.3 Å². The Balaban J connectivity index is 1.65. The minimum absolute atomic E-state index is 0.0975. The first kappa shape index (κ1) is 21.5. The Hall–Kier alpha value is -3.37. The Bertz CT molecular complexity index is 1290. The Labute approximate surface area is 195 Å². The van der Waals surface area contributed by atoms with Gasteiger partial charge in [0.1, 0.15) is 0 Å². The third-order valence-electron chi connectivity index (χ3n) is 6.41. The van der Waals surface area contributed by atoms with E-state index in [1.807, 2.05) is 36.9 Å². The number of aryl methyl sites for hydroxylation is 1. The van der Waals surface area contributed by atoms with Crippen LogP contribution in [0, 0.1) is 6.92 Å². The Morgan fingerprint density at radius 3 is 2.48 bits per heavy atom. The predicted molar refractivity (Wildman–Crippen MR) is 133 cm³/mol. The Morgan fingerprint density at radius 2 is 1.70 bits per heavy atom. The number of carbonyl (C=O) groups excluding carboxylic acids is 1. The van der Waals surface area contributed by atoms with Crippen LogP contribution in [-0.4, -0.2) is 35.0 Å². The molecule has 0 saturated carbocycles. The van der Waals surface area contributed by atoms with Crippen molar-refractivity contribution in [2.45, 2.75) is 39.3 Å². The number of aromatic nitrogens is 1. The van der Waals surface area contributed by atoms with Gasteiger partial charge in [0.2, 0.25) is 0 Å². The number of hydrogen-bond acceptors (Lipinski definition) is 2. The molecule has 1 aliphatic rings. The summed E-state index contributed by atoms with van der Waals surface area (Å²) in [6.45, 7) is 7.47. The van der Waals surface area contributed by atoms with Crippen molar-refractivity contribution in [3.63, 3.8) is 0 Å². The van der Waals surface area contributed by atoms with Crippen LogP contribution in [0.4, 0.5) is 0 Å². The fourth-order valence-corrected chi connectivity index (χ4v) is 4.86. The van der Waals surface area contributed by atoms with Crippen LogP contribution in [0.15, 0.2) is 72.8 Å². The summed E-state index contributed by atoms with van der Waals surface area (Å²) in [5.41, 5.74) is 7.56. The van der Waals surface area contributed by atoms with Gasteiger partial charge in [-0.3, -0.25) is 4.79 Å².